The molecular weight excluding hydrogens is 146 g/mol. The van der Waals surface area contributed by atoms with Crippen molar-refractivity contribution in [3.63, 3.8) is 0 Å². The second-order valence-electron chi connectivity index (χ2n) is 4.76. The smallest absolute Gasteiger partial charge is 0.0147 e. The second kappa shape index (κ2) is 4.86. The molecule has 0 N–H and O–H groups in total. The van der Waals surface area contributed by atoms with Gasteiger partial charge < -0.3 is 4.90 Å². The molecule has 1 heteroatoms. The van der Waals surface area contributed by atoms with Crippen LogP contribution in [0.5, 0.6) is 0 Å². The maximum atomic E-state index is 2.34. The minimum Gasteiger partial charge on any atom is -0.304 e. The van der Waals surface area contributed by atoms with Crippen molar-refractivity contribution >= 4 is 0 Å². The lowest BCUT2D eigenvalue weighted by Gasteiger charge is -2.33. The largest absolute Gasteiger partial charge is 0.304 e. The molecule has 0 aromatic carbocycles. The van der Waals surface area contributed by atoms with Crippen molar-refractivity contribution in [2.75, 3.05) is 14.1 Å². The van der Waals surface area contributed by atoms with Crippen LogP contribution in [0.15, 0.2) is 0 Å². The van der Waals surface area contributed by atoms with Crippen molar-refractivity contribution in [2.24, 2.45) is 5.92 Å². The van der Waals surface area contributed by atoms with Crippen molar-refractivity contribution in [3.8, 4) is 0 Å². The van der Waals surface area contributed by atoms with Crippen LogP contribution in [0.2, 0.25) is 0 Å². The highest BCUT2D eigenvalue weighted by Gasteiger charge is 2.20. The molecule has 12 heavy (non-hydrogen) atoms. The molecular formula is C11H25N. The van der Waals surface area contributed by atoms with E-state index in [1.807, 2.05) is 0 Å². The Morgan fingerprint density at radius 2 is 1.75 bits per heavy atom. The summed E-state index contributed by atoms with van der Waals surface area (Å²) in [7, 11) is 4.33. The van der Waals surface area contributed by atoms with Crippen LogP contribution in [0.1, 0.15) is 47.0 Å². The lowest BCUT2D eigenvalue weighted by molar-refractivity contribution is 0.170. The third kappa shape index (κ3) is 4.10. The molecule has 0 saturated heterocycles. The molecule has 0 amide bonds. The molecule has 0 bridgehead atoms. The lowest BCUT2D eigenvalue weighted by atomic mass is 9.91. The summed E-state index contributed by atoms with van der Waals surface area (Å²) in [6.07, 6.45) is 3.96. The van der Waals surface area contributed by atoms with Crippen LogP contribution in [0.4, 0.5) is 0 Å². The van der Waals surface area contributed by atoms with Crippen LogP contribution >= 0.6 is 0 Å². The average molecular weight is 171 g/mol. The molecule has 0 aliphatic heterocycles. The van der Waals surface area contributed by atoms with Crippen molar-refractivity contribution in [3.05, 3.63) is 0 Å². The summed E-state index contributed by atoms with van der Waals surface area (Å²) in [5.41, 5.74) is 0.365. The van der Waals surface area contributed by atoms with E-state index in [4.69, 9.17) is 0 Å². The van der Waals surface area contributed by atoms with Gasteiger partial charge in [0, 0.05) is 5.54 Å². The van der Waals surface area contributed by atoms with Gasteiger partial charge in [0.15, 0.2) is 0 Å². The average Bonchev–Trinajstić information content (AvgIpc) is 2.00. The van der Waals surface area contributed by atoms with Crippen LogP contribution in [0, 0.1) is 5.92 Å². The van der Waals surface area contributed by atoms with Crippen molar-refractivity contribution in [2.45, 2.75) is 52.5 Å². The quantitative estimate of drug-likeness (QED) is 0.614. The van der Waals surface area contributed by atoms with Gasteiger partial charge in [-0.05, 0) is 46.7 Å². The molecule has 0 aromatic rings. The summed E-state index contributed by atoms with van der Waals surface area (Å²) in [4.78, 5) is 2.31. The summed E-state index contributed by atoms with van der Waals surface area (Å²) in [5.74, 6) is 0.879. The van der Waals surface area contributed by atoms with Crippen molar-refractivity contribution < 1.29 is 0 Å². The number of hydrogen-bond donors (Lipinski definition) is 0. The fourth-order valence-electron chi connectivity index (χ4n) is 1.03. The first kappa shape index (κ1) is 12.0. The highest BCUT2D eigenvalue weighted by Crippen LogP contribution is 2.21. The Balaban J connectivity index is 3.75. The standard InChI is InChI=1S/C11H25N/c1-7-10(2)8-9-11(3,4)12(5)6/h10H,7-9H2,1-6H3. The summed E-state index contributed by atoms with van der Waals surface area (Å²) >= 11 is 0. The lowest BCUT2D eigenvalue weighted by Crippen LogP contribution is -2.38. The van der Waals surface area contributed by atoms with Gasteiger partial charge in [-0.25, -0.2) is 0 Å². The van der Waals surface area contributed by atoms with E-state index in [0.29, 0.717) is 5.54 Å². The minimum atomic E-state index is 0.365. The van der Waals surface area contributed by atoms with E-state index in [0.717, 1.165) is 5.92 Å². The molecule has 0 fully saturated rings. The zero-order chi connectivity index (χ0) is 9.78. The van der Waals surface area contributed by atoms with Gasteiger partial charge in [-0.2, -0.15) is 0 Å². The molecule has 1 nitrogen and oxygen atoms in total. The van der Waals surface area contributed by atoms with Crippen LogP contribution in [-0.2, 0) is 0 Å². The maximum absolute atomic E-state index is 2.34. The Morgan fingerprint density at radius 1 is 1.25 bits per heavy atom. The van der Waals surface area contributed by atoms with Crippen LogP contribution in [0.3, 0.4) is 0 Å². The van der Waals surface area contributed by atoms with E-state index in [1.54, 1.807) is 0 Å². The van der Waals surface area contributed by atoms with Crippen LogP contribution < -0.4 is 0 Å². The van der Waals surface area contributed by atoms with Gasteiger partial charge in [0.2, 0.25) is 0 Å². The molecule has 0 saturated carbocycles. The third-order valence-corrected chi connectivity index (χ3v) is 3.16. The van der Waals surface area contributed by atoms with E-state index in [2.05, 4.69) is 46.7 Å². The van der Waals surface area contributed by atoms with Crippen LogP contribution in [-0.4, -0.2) is 24.5 Å². The van der Waals surface area contributed by atoms with Gasteiger partial charge in [0.1, 0.15) is 0 Å². The Morgan fingerprint density at radius 3 is 2.08 bits per heavy atom. The first-order valence-electron chi connectivity index (χ1n) is 5.07. The van der Waals surface area contributed by atoms with E-state index in [9.17, 15) is 0 Å². The zero-order valence-corrected chi connectivity index (χ0v) is 9.65. The second-order valence-corrected chi connectivity index (χ2v) is 4.76. The molecule has 0 spiro atoms. The molecule has 0 radical (unpaired) electrons. The normalized spacial score (nSPS) is 15.2. The van der Waals surface area contributed by atoms with E-state index >= 15 is 0 Å². The summed E-state index contributed by atoms with van der Waals surface area (Å²) < 4.78 is 0. The van der Waals surface area contributed by atoms with Gasteiger partial charge >= 0.3 is 0 Å². The Bertz CT molecular complexity index is 116. The Kier molecular flexibility index (Phi) is 4.84. The first-order chi connectivity index (χ1) is 5.40. The molecule has 0 heterocycles. The molecule has 0 rings (SSSR count). The third-order valence-electron chi connectivity index (χ3n) is 3.16. The fraction of sp³-hybridized carbons (Fsp3) is 1.00. The van der Waals surface area contributed by atoms with E-state index in [1.165, 1.54) is 19.3 Å². The van der Waals surface area contributed by atoms with E-state index in [-0.39, 0.29) is 0 Å². The molecule has 1 unspecified atom stereocenters. The number of nitrogens with zero attached hydrogens (tertiary/aromatic N) is 1. The van der Waals surface area contributed by atoms with E-state index < -0.39 is 0 Å². The number of hydrogen-bond acceptors (Lipinski definition) is 1. The summed E-state index contributed by atoms with van der Waals surface area (Å²) in [6.45, 7) is 9.24. The SMILES string of the molecule is CCC(C)CCC(C)(C)N(C)C. The van der Waals surface area contributed by atoms with Crippen molar-refractivity contribution in [1.29, 1.82) is 0 Å². The summed E-state index contributed by atoms with van der Waals surface area (Å²) in [5, 5.41) is 0. The van der Waals surface area contributed by atoms with Gasteiger partial charge in [-0.1, -0.05) is 20.3 Å². The predicted molar refractivity (Wildman–Crippen MR) is 56.5 cm³/mol. The van der Waals surface area contributed by atoms with Crippen LogP contribution in [0.25, 0.3) is 0 Å². The predicted octanol–water partition coefficient (Wildman–Crippen LogP) is 3.15. The highest BCUT2D eigenvalue weighted by atomic mass is 15.1. The highest BCUT2D eigenvalue weighted by molar-refractivity contribution is 4.77. The minimum absolute atomic E-state index is 0.365. The fourth-order valence-corrected chi connectivity index (χ4v) is 1.03. The molecule has 74 valence electrons. The monoisotopic (exact) mass is 171 g/mol. The first-order valence-corrected chi connectivity index (χ1v) is 5.07. The van der Waals surface area contributed by atoms with Gasteiger partial charge in [-0.15, -0.1) is 0 Å². The molecule has 0 aromatic heterocycles. The number of rotatable bonds is 5. The van der Waals surface area contributed by atoms with Crippen molar-refractivity contribution in [1.82, 2.24) is 4.90 Å². The van der Waals surface area contributed by atoms with Gasteiger partial charge in [0.05, 0.1) is 0 Å². The maximum Gasteiger partial charge on any atom is 0.0147 e. The molecule has 0 aliphatic carbocycles. The topological polar surface area (TPSA) is 3.24 Å². The Hall–Kier alpha value is -0.0400. The Labute approximate surface area is 78.1 Å². The zero-order valence-electron chi connectivity index (χ0n) is 9.65. The van der Waals surface area contributed by atoms with Gasteiger partial charge in [-0.3, -0.25) is 0 Å². The summed E-state index contributed by atoms with van der Waals surface area (Å²) in [6, 6.07) is 0. The molecule has 1 atom stereocenters. The molecule has 0 aliphatic rings. The van der Waals surface area contributed by atoms with Gasteiger partial charge in [0.25, 0.3) is 0 Å².